The first-order valence-corrected chi connectivity index (χ1v) is 4.60. The Kier molecular flexibility index (Phi) is 5.46. The minimum Gasteiger partial charge on any atom is -0.314 e. The molecule has 1 heterocycles. The molecule has 3 N–H and O–H groups in total. The molecule has 0 aliphatic carbocycles. The summed E-state index contributed by atoms with van der Waals surface area (Å²) in [6, 6.07) is 0. The van der Waals surface area contributed by atoms with Crippen LogP contribution in [0.15, 0.2) is 0 Å². The molecule has 12 heavy (non-hydrogen) atoms. The average molecular weight is 173 g/mol. The van der Waals surface area contributed by atoms with Gasteiger partial charge in [-0.25, -0.2) is 5.01 Å². The maximum absolute atomic E-state index is 5.43. The first kappa shape index (κ1) is 11.9. The van der Waals surface area contributed by atoms with Crippen LogP contribution in [-0.4, -0.2) is 31.2 Å². The smallest absolute Gasteiger partial charge is 0.0254 e. The third-order valence-electron chi connectivity index (χ3n) is 1.15. The minimum absolute atomic E-state index is 0.500. The highest BCUT2D eigenvalue weighted by molar-refractivity contribution is 4.60. The fourth-order valence-corrected chi connectivity index (χ4v) is 0.682. The van der Waals surface area contributed by atoms with Crippen LogP contribution >= 0.6 is 0 Å². The number of nitrogens with two attached hydrogens (primary N) is 1. The molecule has 1 fully saturated rings. The summed E-state index contributed by atoms with van der Waals surface area (Å²) in [5, 5.41) is 5.02. The van der Waals surface area contributed by atoms with Crippen molar-refractivity contribution in [2.45, 2.75) is 27.7 Å². The molecule has 0 aromatic carbocycles. The van der Waals surface area contributed by atoms with Gasteiger partial charge in [0.05, 0.1) is 0 Å². The topological polar surface area (TPSA) is 41.3 Å². The molecule has 0 saturated carbocycles. The van der Waals surface area contributed by atoms with Crippen molar-refractivity contribution in [3.63, 3.8) is 0 Å². The summed E-state index contributed by atoms with van der Waals surface area (Å²) in [7, 11) is 0. The van der Waals surface area contributed by atoms with Crippen LogP contribution in [0.5, 0.6) is 0 Å². The highest BCUT2D eigenvalue weighted by Crippen LogP contribution is 2.08. The van der Waals surface area contributed by atoms with Crippen LogP contribution in [0.3, 0.4) is 0 Å². The lowest BCUT2D eigenvalue weighted by atomic mass is 10.0. The molecule has 1 aliphatic heterocycles. The van der Waals surface area contributed by atoms with Gasteiger partial charge in [-0.2, -0.15) is 0 Å². The molecular formula is C9H23N3. The van der Waals surface area contributed by atoms with Crippen molar-refractivity contribution in [3.05, 3.63) is 0 Å². The lowest BCUT2D eigenvalue weighted by Crippen LogP contribution is -2.47. The zero-order valence-electron chi connectivity index (χ0n) is 8.85. The third kappa shape index (κ3) is 12.5. The molecule has 3 heteroatoms. The standard InChI is InChI=1S/C5H12.C4H11N3/c1-5(2,3)4;5-7-3-1-6-2-4-7/h1-4H3;6H,1-5H2. The van der Waals surface area contributed by atoms with Gasteiger partial charge in [-0.1, -0.05) is 27.7 Å². The van der Waals surface area contributed by atoms with Crippen LogP contribution in [-0.2, 0) is 0 Å². The van der Waals surface area contributed by atoms with E-state index in [1.807, 2.05) is 5.01 Å². The molecule has 0 unspecified atom stereocenters. The van der Waals surface area contributed by atoms with Crippen LogP contribution in [0, 0.1) is 5.41 Å². The van der Waals surface area contributed by atoms with Crippen molar-refractivity contribution < 1.29 is 0 Å². The maximum atomic E-state index is 5.43. The van der Waals surface area contributed by atoms with E-state index in [2.05, 4.69) is 33.0 Å². The number of nitrogens with one attached hydrogen (secondary N) is 1. The predicted octanol–water partition coefficient (Wildman–Crippen LogP) is 0.818. The van der Waals surface area contributed by atoms with Crippen molar-refractivity contribution in [2.75, 3.05) is 26.2 Å². The van der Waals surface area contributed by atoms with E-state index < -0.39 is 0 Å². The molecule has 0 amide bonds. The van der Waals surface area contributed by atoms with Crippen LogP contribution in [0.25, 0.3) is 0 Å². The summed E-state index contributed by atoms with van der Waals surface area (Å²) in [5.74, 6) is 5.43. The number of hydrogen-bond acceptors (Lipinski definition) is 3. The Balaban J connectivity index is 0.000000217. The van der Waals surface area contributed by atoms with E-state index in [-0.39, 0.29) is 0 Å². The summed E-state index contributed by atoms with van der Waals surface area (Å²) < 4.78 is 0. The summed E-state index contributed by atoms with van der Waals surface area (Å²) in [5.41, 5.74) is 0.500. The number of hydrogen-bond donors (Lipinski definition) is 2. The van der Waals surface area contributed by atoms with Crippen molar-refractivity contribution >= 4 is 0 Å². The molecule has 1 aliphatic rings. The van der Waals surface area contributed by atoms with Gasteiger partial charge < -0.3 is 5.32 Å². The van der Waals surface area contributed by atoms with Crippen molar-refractivity contribution in [2.24, 2.45) is 11.3 Å². The first-order valence-electron chi connectivity index (χ1n) is 4.60. The van der Waals surface area contributed by atoms with Gasteiger partial charge in [0.1, 0.15) is 0 Å². The molecule has 1 saturated heterocycles. The van der Waals surface area contributed by atoms with Crippen LogP contribution in [0.2, 0.25) is 0 Å². The zero-order valence-corrected chi connectivity index (χ0v) is 8.85. The van der Waals surface area contributed by atoms with E-state index in [9.17, 15) is 0 Å². The van der Waals surface area contributed by atoms with Crippen LogP contribution in [0.1, 0.15) is 27.7 Å². The van der Waals surface area contributed by atoms with Gasteiger partial charge in [0, 0.05) is 26.2 Å². The number of nitrogens with zero attached hydrogens (tertiary/aromatic N) is 1. The molecule has 0 aromatic rings. The van der Waals surface area contributed by atoms with Gasteiger partial charge >= 0.3 is 0 Å². The molecule has 0 bridgehead atoms. The van der Waals surface area contributed by atoms with Gasteiger partial charge in [-0.05, 0) is 5.41 Å². The minimum atomic E-state index is 0.500. The fourth-order valence-electron chi connectivity index (χ4n) is 0.682. The van der Waals surface area contributed by atoms with Gasteiger partial charge in [0.15, 0.2) is 0 Å². The van der Waals surface area contributed by atoms with E-state index >= 15 is 0 Å². The van der Waals surface area contributed by atoms with E-state index in [1.165, 1.54) is 0 Å². The Morgan fingerprint density at radius 3 is 1.58 bits per heavy atom. The molecule has 0 radical (unpaired) electrons. The number of rotatable bonds is 0. The normalized spacial score (nSPS) is 19.8. The third-order valence-corrected chi connectivity index (χ3v) is 1.15. The lowest BCUT2D eigenvalue weighted by Gasteiger charge is -2.21. The molecule has 0 aromatic heterocycles. The fraction of sp³-hybridized carbons (Fsp3) is 1.00. The van der Waals surface area contributed by atoms with Crippen molar-refractivity contribution in [3.8, 4) is 0 Å². The largest absolute Gasteiger partial charge is 0.314 e. The highest BCUT2D eigenvalue weighted by Gasteiger charge is 2.01. The van der Waals surface area contributed by atoms with Crippen LogP contribution < -0.4 is 11.2 Å². The molecular weight excluding hydrogens is 150 g/mol. The van der Waals surface area contributed by atoms with Gasteiger partial charge in [0.25, 0.3) is 0 Å². The number of hydrazine groups is 1. The second-order valence-corrected chi connectivity index (χ2v) is 4.79. The predicted molar refractivity (Wildman–Crippen MR) is 53.8 cm³/mol. The Morgan fingerprint density at radius 2 is 1.42 bits per heavy atom. The highest BCUT2D eigenvalue weighted by atomic mass is 15.4. The summed E-state index contributed by atoms with van der Waals surface area (Å²) in [4.78, 5) is 0. The van der Waals surface area contributed by atoms with Gasteiger partial charge in [-0.3, -0.25) is 5.84 Å². The van der Waals surface area contributed by atoms with E-state index in [0.29, 0.717) is 5.41 Å². The molecule has 74 valence electrons. The summed E-state index contributed by atoms with van der Waals surface area (Å²) >= 11 is 0. The molecule has 1 rings (SSSR count). The van der Waals surface area contributed by atoms with Crippen LogP contribution in [0.4, 0.5) is 0 Å². The van der Waals surface area contributed by atoms with Gasteiger partial charge in [0.2, 0.25) is 0 Å². The van der Waals surface area contributed by atoms with Crippen molar-refractivity contribution in [1.29, 1.82) is 0 Å². The Hall–Kier alpha value is -0.120. The zero-order chi connectivity index (χ0) is 9.61. The second kappa shape index (κ2) is 5.51. The second-order valence-electron chi connectivity index (χ2n) is 4.79. The lowest BCUT2D eigenvalue weighted by molar-refractivity contribution is 0.248. The maximum Gasteiger partial charge on any atom is 0.0254 e. The van der Waals surface area contributed by atoms with E-state index in [0.717, 1.165) is 26.2 Å². The monoisotopic (exact) mass is 173 g/mol. The Bertz CT molecular complexity index is 94.8. The van der Waals surface area contributed by atoms with E-state index in [1.54, 1.807) is 0 Å². The number of piperazine rings is 1. The Morgan fingerprint density at radius 1 is 1.08 bits per heavy atom. The van der Waals surface area contributed by atoms with E-state index in [4.69, 9.17) is 5.84 Å². The molecule has 3 nitrogen and oxygen atoms in total. The Labute approximate surface area is 76.3 Å². The molecule has 0 spiro atoms. The summed E-state index contributed by atoms with van der Waals surface area (Å²) in [6.45, 7) is 12.8. The average Bonchev–Trinajstić information content (AvgIpc) is 1.85. The van der Waals surface area contributed by atoms with Crippen molar-refractivity contribution in [1.82, 2.24) is 10.3 Å². The van der Waals surface area contributed by atoms with Gasteiger partial charge in [-0.15, -0.1) is 0 Å². The first-order chi connectivity index (χ1) is 5.39. The SMILES string of the molecule is CC(C)(C)C.NN1CCNCC1. The quantitative estimate of drug-likeness (QED) is 0.533. The summed E-state index contributed by atoms with van der Waals surface area (Å²) in [6.07, 6.45) is 0. The molecule has 0 atom stereocenters.